The van der Waals surface area contributed by atoms with Gasteiger partial charge in [0.2, 0.25) is 0 Å². The van der Waals surface area contributed by atoms with Gasteiger partial charge in [0.05, 0.1) is 27.7 Å². The number of alkyl halides is 3. The van der Waals surface area contributed by atoms with Gasteiger partial charge in [-0.15, -0.1) is 0 Å². The van der Waals surface area contributed by atoms with Crippen molar-refractivity contribution in [1.29, 1.82) is 0 Å². The van der Waals surface area contributed by atoms with Crippen LogP contribution in [0.25, 0.3) is 11.1 Å². The Morgan fingerprint density at radius 2 is 1.63 bits per heavy atom. The standard InChI is InChI=1S/C19H16ClF3N2O5.C4H10O/c1-3-30-18(27)10(2)24-17(26)15-14(19(21,22)23)9-8-13(16(15)20)11-4-6-12(7-5-11)25(28)29;1-3-5-4-2/h4-10H,3H2,1-2H3,(H,24,26);3-4H2,1-2H3. The van der Waals surface area contributed by atoms with Gasteiger partial charge >= 0.3 is 12.1 Å². The third-order valence-electron chi connectivity index (χ3n) is 4.46. The van der Waals surface area contributed by atoms with Crippen molar-refractivity contribution in [1.82, 2.24) is 5.32 Å². The largest absolute Gasteiger partial charge is 0.464 e. The Labute approximate surface area is 205 Å². The van der Waals surface area contributed by atoms with Crippen LogP contribution < -0.4 is 5.32 Å². The molecule has 0 heterocycles. The number of carbonyl (C=O) groups excluding carboxylic acids is 2. The lowest BCUT2D eigenvalue weighted by molar-refractivity contribution is -0.384. The van der Waals surface area contributed by atoms with Gasteiger partial charge in [0.1, 0.15) is 6.04 Å². The first kappa shape index (κ1) is 29.9. The van der Waals surface area contributed by atoms with Crippen molar-refractivity contribution in [3.63, 3.8) is 0 Å². The molecule has 8 nitrogen and oxygen atoms in total. The molecule has 1 N–H and O–H groups in total. The number of hydrogen-bond acceptors (Lipinski definition) is 6. The number of non-ortho nitro benzene ring substituents is 1. The molecule has 2 aromatic carbocycles. The average molecular weight is 519 g/mol. The number of benzene rings is 2. The van der Waals surface area contributed by atoms with E-state index in [0.717, 1.165) is 31.4 Å². The maximum atomic E-state index is 13.5. The van der Waals surface area contributed by atoms with Crippen molar-refractivity contribution in [3.8, 4) is 11.1 Å². The molecule has 12 heteroatoms. The van der Waals surface area contributed by atoms with Crippen LogP contribution in [0, 0.1) is 10.1 Å². The Morgan fingerprint density at radius 3 is 2.06 bits per heavy atom. The van der Waals surface area contributed by atoms with Crippen molar-refractivity contribution in [2.75, 3.05) is 19.8 Å². The number of esters is 1. The summed E-state index contributed by atoms with van der Waals surface area (Å²) in [4.78, 5) is 34.4. The SMILES string of the molecule is CCOC(=O)C(C)NC(=O)c1c(C(F)(F)F)ccc(-c2ccc([N+](=O)[O-])cc2)c1Cl.CCOCC. The van der Waals surface area contributed by atoms with E-state index in [2.05, 4.69) is 5.32 Å². The molecular formula is C23H26ClF3N2O6. The van der Waals surface area contributed by atoms with Crippen LogP contribution in [0.15, 0.2) is 36.4 Å². The van der Waals surface area contributed by atoms with Crippen LogP contribution >= 0.6 is 11.6 Å². The molecule has 1 amide bonds. The third-order valence-corrected chi connectivity index (χ3v) is 4.85. The van der Waals surface area contributed by atoms with Crippen molar-refractivity contribution in [3.05, 3.63) is 62.7 Å². The molecule has 0 aliphatic rings. The molecule has 0 aliphatic carbocycles. The highest BCUT2D eigenvalue weighted by Crippen LogP contribution is 2.40. The van der Waals surface area contributed by atoms with Gasteiger partial charge in [-0.3, -0.25) is 14.9 Å². The van der Waals surface area contributed by atoms with E-state index in [1.807, 2.05) is 13.8 Å². The number of rotatable bonds is 8. The number of nitrogens with zero attached hydrogens (tertiary/aromatic N) is 1. The summed E-state index contributed by atoms with van der Waals surface area (Å²) in [6.45, 7) is 8.50. The van der Waals surface area contributed by atoms with Gasteiger partial charge in [0.25, 0.3) is 11.6 Å². The fraction of sp³-hybridized carbons (Fsp3) is 0.391. The van der Waals surface area contributed by atoms with Crippen LogP contribution in [0.4, 0.5) is 18.9 Å². The minimum absolute atomic E-state index is 0.0310. The molecule has 0 spiro atoms. The second-order valence-electron chi connectivity index (χ2n) is 6.88. The Morgan fingerprint density at radius 1 is 1.06 bits per heavy atom. The van der Waals surface area contributed by atoms with E-state index in [-0.39, 0.29) is 23.4 Å². The summed E-state index contributed by atoms with van der Waals surface area (Å²) < 4.78 is 50.0. The zero-order valence-electron chi connectivity index (χ0n) is 19.6. The number of nitro benzene ring substituents is 1. The van der Waals surface area contributed by atoms with E-state index in [4.69, 9.17) is 21.1 Å². The predicted octanol–water partition coefficient (Wildman–Crippen LogP) is 5.66. The fourth-order valence-electron chi connectivity index (χ4n) is 2.82. The van der Waals surface area contributed by atoms with Crippen LogP contribution in [0.2, 0.25) is 5.02 Å². The second-order valence-corrected chi connectivity index (χ2v) is 7.26. The zero-order chi connectivity index (χ0) is 26.8. The van der Waals surface area contributed by atoms with Crippen LogP contribution in [0.5, 0.6) is 0 Å². The highest BCUT2D eigenvalue weighted by molar-refractivity contribution is 6.36. The van der Waals surface area contributed by atoms with Crippen molar-refractivity contribution in [2.45, 2.75) is 39.9 Å². The molecule has 2 rings (SSSR count). The van der Waals surface area contributed by atoms with Gasteiger partial charge in [-0.2, -0.15) is 13.2 Å². The molecule has 2 aromatic rings. The van der Waals surface area contributed by atoms with Crippen LogP contribution in [0.1, 0.15) is 43.6 Å². The summed E-state index contributed by atoms with van der Waals surface area (Å²) in [5.74, 6) is -2.03. The number of amides is 1. The molecule has 0 fully saturated rings. The number of nitro groups is 1. The number of ether oxygens (including phenoxy) is 2. The molecule has 192 valence electrons. The molecule has 35 heavy (non-hydrogen) atoms. The summed E-state index contributed by atoms with van der Waals surface area (Å²) in [7, 11) is 0. The van der Waals surface area contributed by atoms with E-state index in [1.165, 1.54) is 19.1 Å². The first-order valence-corrected chi connectivity index (χ1v) is 11.0. The highest BCUT2D eigenvalue weighted by atomic mass is 35.5. The predicted molar refractivity (Wildman–Crippen MR) is 124 cm³/mol. The fourth-order valence-corrected chi connectivity index (χ4v) is 3.18. The Kier molecular flexibility index (Phi) is 11.6. The van der Waals surface area contributed by atoms with Gasteiger partial charge in [-0.25, -0.2) is 4.79 Å². The molecule has 0 aromatic heterocycles. The summed E-state index contributed by atoms with van der Waals surface area (Å²) in [5.41, 5.74) is -2.04. The zero-order valence-corrected chi connectivity index (χ0v) is 20.3. The van der Waals surface area contributed by atoms with E-state index >= 15 is 0 Å². The monoisotopic (exact) mass is 518 g/mol. The Bertz CT molecular complexity index is 1030. The van der Waals surface area contributed by atoms with Crippen molar-refractivity contribution < 1.29 is 37.2 Å². The van der Waals surface area contributed by atoms with Gasteiger partial charge < -0.3 is 14.8 Å². The smallest absolute Gasteiger partial charge is 0.417 e. The molecule has 0 saturated carbocycles. The van der Waals surface area contributed by atoms with Crippen molar-refractivity contribution in [2.24, 2.45) is 0 Å². The summed E-state index contributed by atoms with van der Waals surface area (Å²) in [5, 5.41) is 12.4. The molecule has 0 saturated heterocycles. The Hall–Kier alpha value is -3.18. The van der Waals surface area contributed by atoms with Crippen LogP contribution in [0.3, 0.4) is 0 Å². The number of carbonyl (C=O) groups is 2. The van der Waals surface area contributed by atoms with Gasteiger partial charge in [-0.05, 0) is 51.5 Å². The molecule has 0 radical (unpaired) electrons. The Balaban J connectivity index is 0.00000111. The first-order chi connectivity index (χ1) is 16.4. The number of nitrogens with one attached hydrogen (secondary N) is 1. The molecule has 1 atom stereocenters. The third kappa shape index (κ3) is 8.52. The van der Waals surface area contributed by atoms with E-state index in [1.54, 1.807) is 6.92 Å². The second kappa shape index (κ2) is 13.6. The van der Waals surface area contributed by atoms with Gasteiger partial charge in [0, 0.05) is 30.9 Å². The topological polar surface area (TPSA) is 108 Å². The van der Waals surface area contributed by atoms with E-state index in [0.29, 0.717) is 6.07 Å². The molecule has 0 aliphatic heterocycles. The quantitative estimate of drug-likeness (QED) is 0.274. The lowest BCUT2D eigenvalue weighted by atomic mass is 9.97. The van der Waals surface area contributed by atoms with Crippen molar-refractivity contribution >= 4 is 29.2 Å². The van der Waals surface area contributed by atoms with Gasteiger partial charge in [-0.1, -0.05) is 17.7 Å². The molecule has 1 unspecified atom stereocenters. The lowest BCUT2D eigenvalue weighted by Gasteiger charge is -2.19. The van der Waals surface area contributed by atoms with E-state index in [9.17, 15) is 32.9 Å². The summed E-state index contributed by atoms with van der Waals surface area (Å²) in [6.07, 6.45) is -4.89. The highest BCUT2D eigenvalue weighted by Gasteiger charge is 2.38. The minimum atomic E-state index is -4.89. The maximum Gasteiger partial charge on any atom is 0.417 e. The first-order valence-electron chi connectivity index (χ1n) is 10.6. The summed E-state index contributed by atoms with van der Waals surface area (Å²) >= 11 is 6.17. The molecular weight excluding hydrogens is 493 g/mol. The number of hydrogen-bond donors (Lipinski definition) is 1. The lowest BCUT2D eigenvalue weighted by Crippen LogP contribution is -2.40. The normalized spacial score (nSPS) is 11.7. The van der Waals surface area contributed by atoms with Gasteiger partial charge in [0.15, 0.2) is 0 Å². The van der Waals surface area contributed by atoms with Crippen LogP contribution in [-0.4, -0.2) is 42.7 Å². The maximum absolute atomic E-state index is 13.5. The van der Waals surface area contributed by atoms with Crippen LogP contribution in [-0.2, 0) is 20.4 Å². The minimum Gasteiger partial charge on any atom is -0.464 e. The molecule has 0 bridgehead atoms. The van der Waals surface area contributed by atoms with E-state index < -0.39 is 45.2 Å². The summed E-state index contributed by atoms with van der Waals surface area (Å²) in [6, 6.07) is 5.46. The average Bonchev–Trinajstić information content (AvgIpc) is 2.79. The number of halogens is 4.